The maximum atomic E-state index is 14.8. The van der Waals surface area contributed by atoms with Gasteiger partial charge in [-0.1, -0.05) is 33.6 Å². The lowest BCUT2D eigenvalue weighted by molar-refractivity contribution is -0.143. The van der Waals surface area contributed by atoms with Gasteiger partial charge in [0.25, 0.3) is 17.5 Å². The molecule has 60 heavy (non-hydrogen) atoms. The minimum Gasteiger partial charge on any atom is -0.459 e. The topological polar surface area (TPSA) is 219 Å². The molecule has 19 heteroatoms. The molecular formula is C41H51F2N7O9S. The average molecular weight is 856 g/mol. The van der Waals surface area contributed by atoms with Gasteiger partial charge in [-0.2, -0.15) is 10.2 Å². The maximum absolute atomic E-state index is 14.8. The van der Waals surface area contributed by atoms with Gasteiger partial charge in [0.05, 0.1) is 39.7 Å². The van der Waals surface area contributed by atoms with Gasteiger partial charge in [-0.3, -0.25) is 28.5 Å². The monoisotopic (exact) mass is 855 g/mol. The molecule has 16 nitrogen and oxygen atoms in total. The molecule has 4 saturated carbocycles. The molecule has 6 aliphatic rings. The first-order valence-corrected chi connectivity index (χ1v) is 22.3. The van der Waals surface area contributed by atoms with E-state index in [2.05, 4.69) is 15.6 Å². The van der Waals surface area contributed by atoms with Crippen molar-refractivity contribution in [3.63, 3.8) is 0 Å². The molecule has 0 spiro atoms. The molecule has 0 radical (unpaired) electrons. The van der Waals surface area contributed by atoms with E-state index < -0.39 is 92.1 Å². The average Bonchev–Trinajstić information content (AvgIpc) is 4.14. The lowest BCUT2D eigenvalue weighted by Gasteiger charge is -2.36. The Morgan fingerprint density at radius 3 is 2.48 bits per heavy atom. The minimum absolute atomic E-state index is 0.109. The number of halogens is 2. The van der Waals surface area contributed by atoms with Crippen LogP contribution in [0.2, 0.25) is 0 Å². The number of benzene rings is 1. The number of amides is 4. The second-order valence-electron chi connectivity index (χ2n) is 19.0. The number of hydrogen-bond acceptors (Lipinski definition) is 11. The van der Waals surface area contributed by atoms with Crippen molar-refractivity contribution in [1.29, 1.82) is 5.26 Å². The molecule has 4 aliphatic carbocycles. The van der Waals surface area contributed by atoms with E-state index in [1.165, 1.54) is 29.7 Å². The molecule has 324 valence electrons. The highest BCUT2D eigenvalue weighted by molar-refractivity contribution is 7.91. The van der Waals surface area contributed by atoms with E-state index in [9.17, 15) is 46.4 Å². The summed E-state index contributed by atoms with van der Waals surface area (Å²) in [5, 5.41) is 15.0. The Kier molecular flexibility index (Phi) is 10.4. The number of hydrogen-bond donors (Lipinski definition) is 3. The number of fused-ring (bicyclic) bond motifs is 7. The normalized spacial score (nSPS) is 32.5. The molecular weight excluding hydrogens is 805 g/mol. The standard InChI is InChI=1S/C41H51F2N7O9S/c1-39(2,3)31-35(53)50-20-23(17-29(50)33(51)47-41(18-27(41)32(42)43)36(54)48-60(56,57)40(4)11-12-40)58-37-45-28-14-21(19-44)9-10-25(28)34(52)49(37)13-7-5-6-8-24-26-15-22(26)16-30(24)59-38(55)46-31/h9-10,14,22-24,26-27,29-32H,5-8,11-13,15-18,20H2,1-4H3,(H,46,55)(H,47,51)(H,48,54)/t22-,23+,24+,26-,27-,29-,30+,31+,41+/m0/s1. The van der Waals surface area contributed by atoms with Crippen LogP contribution in [0.15, 0.2) is 23.0 Å². The number of sulfonamides is 1. The summed E-state index contributed by atoms with van der Waals surface area (Å²) in [6, 6.07) is 3.71. The maximum Gasteiger partial charge on any atom is 0.408 e. The SMILES string of the molecule is CC(C)(C)[C@@H]1NC(=O)O[C@@H]2C[C@@H]3C[C@@H]3[C@H]2CCCCCn2c(nc3cc(C#N)ccc3c2=O)O[C@@H]2C[C@@H](C(=O)N[C@]3(C(=O)NS(=O)(=O)C4(C)CC4)C[C@H]3C(F)F)N(C2)C1=O. The number of alkyl halides is 2. The predicted octanol–water partition coefficient (Wildman–Crippen LogP) is 3.49. The molecule has 2 bridgehead atoms. The molecule has 4 amide bonds. The Bertz CT molecular complexity index is 2340. The first-order valence-electron chi connectivity index (χ1n) is 20.8. The fourth-order valence-corrected chi connectivity index (χ4v) is 10.8. The number of carbonyl (C=O) groups excluding carboxylic acids is 4. The van der Waals surface area contributed by atoms with E-state index >= 15 is 0 Å². The predicted molar refractivity (Wildman–Crippen MR) is 210 cm³/mol. The van der Waals surface area contributed by atoms with Crippen LogP contribution in [0, 0.1) is 40.4 Å². The van der Waals surface area contributed by atoms with Crippen LogP contribution < -0.4 is 25.7 Å². The summed E-state index contributed by atoms with van der Waals surface area (Å²) in [6.07, 6.45) is -0.771. The number of rotatable bonds is 6. The highest BCUT2D eigenvalue weighted by Gasteiger charge is 2.67. The minimum atomic E-state index is -4.27. The van der Waals surface area contributed by atoms with Gasteiger partial charge in [0, 0.05) is 13.0 Å². The van der Waals surface area contributed by atoms with Crippen LogP contribution >= 0.6 is 0 Å². The molecule has 9 atom stereocenters. The Balaban J connectivity index is 1.15. The number of ether oxygens (including phenoxy) is 2. The molecule has 2 aromatic rings. The molecule has 1 aromatic carbocycles. The highest BCUT2D eigenvalue weighted by atomic mass is 32.2. The summed E-state index contributed by atoms with van der Waals surface area (Å²) in [5.41, 5.74) is -3.19. The molecule has 0 unspecified atom stereocenters. The molecule has 2 aliphatic heterocycles. The Labute approximate surface area is 346 Å². The largest absolute Gasteiger partial charge is 0.459 e. The Morgan fingerprint density at radius 1 is 1.07 bits per heavy atom. The van der Waals surface area contributed by atoms with Gasteiger partial charge in [-0.25, -0.2) is 22.0 Å². The molecule has 1 saturated heterocycles. The van der Waals surface area contributed by atoms with Crippen molar-refractivity contribution in [3.8, 4) is 12.1 Å². The summed E-state index contributed by atoms with van der Waals surface area (Å²) < 4.78 is 69.1. The number of alkyl carbamates (subject to hydrolysis) is 1. The fraction of sp³-hybridized carbons (Fsp3) is 0.683. The van der Waals surface area contributed by atoms with E-state index in [4.69, 9.17) is 9.47 Å². The van der Waals surface area contributed by atoms with E-state index in [-0.39, 0.29) is 66.9 Å². The second-order valence-corrected chi connectivity index (χ2v) is 21.2. The zero-order valence-corrected chi connectivity index (χ0v) is 34.9. The lowest BCUT2D eigenvalue weighted by atomic mass is 9.85. The number of nitrogens with one attached hydrogen (secondary N) is 3. The summed E-state index contributed by atoms with van der Waals surface area (Å²) in [6.45, 7) is 6.52. The van der Waals surface area contributed by atoms with Gasteiger partial charge in [0.2, 0.25) is 28.3 Å². The number of nitriles is 1. The highest BCUT2D eigenvalue weighted by Crippen LogP contribution is 2.58. The number of carbonyl (C=O) groups is 4. The first kappa shape index (κ1) is 41.9. The number of nitrogens with zero attached hydrogens (tertiary/aromatic N) is 4. The van der Waals surface area contributed by atoms with Gasteiger partial charge in [-0.05, 0) is 93.2 Å². The molecule has 1 aromatic heterocycles. The van der Waals surface area contributed by atoms with E-state index in [0.717, 1.165) is 37.0 Å². The lowest BCUT2D eigenvalue weighted by Crippen LogP contribution is -2.60. The smallest absolute Gasteiger partial charge is 0.408 e. The Hall–Kier alpha value is -4.86. The zero-order valence-electron chi connectivity index (χ0n) is 34.0. The molecule has 5 fully saturated rings. The van der Waals surface area contributed by atoms with Gasteiger partial charge in [-0.15, -0.1) is 0 Å². The summed E-state index contributed by atoms with van der Waals surface area (Å²) in [5.74, 6) is -3.69. The van der Waals surface area contributed by atoms with Crippen LogP contribution in [0.5, 0.6) is 6.01 Å². The van der Waals surface area contributed by atoms with Crippen LogP contribution in [-0.2, 0) is 35.7 Å². The van der Waals surface area contributed by atoms with E-state index in [1.807, 2.05) is 10.8 Å². The van der Waals surface area contributed by atoms with Gasteiger partial charge >= 0.3 is 6.09 Å². The van der Waals surface area contributed by atoms with Crippen LogP contribution in [0.4, 0.5) is 13.6 Å². The zero-order chi connectivity index (χ0) is 43.1. The first-order chi connectivity index (χ1) is 28.2. The van der Waals surface area contributed by atoms with Gasteiger partial charge in [0.15, 0.2) is 0 Å². The van der Waals surface area contributed by atoms with Crippen LogP contribution in [-0.4, -0.2) is 94.2 Å². The van der Waals surface area contributed by atoms with Crippen molar-refractivity contribution in [1.82, 2.24) is 29.8 Å². The quantitative estimate of drug-likeness (QED) is 0.382. The van der Waals surface area contributed by atoms with Gasteiger partial charge in [0.1, 0.15) is 29.8 Å². The third kappa shape index (κ3) is 7.68. The number of aromatic nitrogens is 2. The summed E-state index contributed by atoms with van der Waals surface area (Å²) in [7, 11) is -4.27. The third-order valence-electron chi connectivity index (χ3n) is 13.7. The van der Waals surface area contributed by atoms with Gasteiger partial charge < -0.3 is 25.0 Å². The fourth-order valence-electron chi connectivity index (χ4n) is 9.50. The van der Waals surface area contributed by atoms with Crippen LogP contribution in [0.3, 0.4) is 0 Å². The van der Waals surface area contributed by atoms with Crippen molar-refractivity contribution >= 4 is 44.7 Å². The van der Waals surface area contributed by atoms with E-state index in [0.29, 0.717) is 18.3 Å². The second kappa shape index (κ2) is 14.9. The Morgan fingerprint density at radius 2 is 1.82 bits per heavy atom. The summed E-state index contributed by atoms with van der Waals surface area (Å²) in [4.78, 5) is 76.2. The van der Waals surface area contributed by atoms with E-state index in [1.54, 1.807) is 20.8 Å². The summed E-state index contributed by atoms with van der Waals surface area (Å²) >= 11 is 0. The van der Waals surface area contributed by atoms with Crippen molar-refractivity contribution < 1.29 is 45.9 Å². The van der Waals surface area contributed by atoms with Crippen molar-refractivity contribution in [3.05, 3.63) is 34.1 Å². The third-order valence-corrected chi connectivity index (χ3v) is 15.8. The van der Waals surface area contributed by atoms with Crippen LogP contribution in [0.25, 0.3) is 10.9 Å². The van der Waals surface area contributed by atoms with Crippen molar-refractivity contribution in [2.45, 2.75) is 139 Å². The van der Waals surface area contributed by atoms with Crippen molar-refractivity contribution in [2.24, 2.45) is 29.1 Å². The molecule has 3 N–H and O–H groups in total. The van der Waals surface area contributed by atoms with Crippen molar-refractivity contribution in [2.75, 3.05) is 6.54 Å². The molecule has 8 rings (SSSR count). The van der Waals surface area contributed by atoms with Crippen LogP contribution in [0.1, 0.15) is 97.5 Å². The molecule has 3 heterocycles.